The third-order valence-electron chi connectivity index (χ3n) is 2.56. The Morgan fingerprint density at radius 3 is 2.40 bits per heavy atom. The summed E-state index contributed by atoms with van der Waals surface area (Å²) < 4.78 is 10.9. The number of hydrogen-bond acceptors (Lipinski definition) is 3. The van der Waals surface area contributed by atoms with Crippen molar-refractivity contribution in [3.63, 3.8) is 0 Å². The maximum Gasteiger partial charge on any atom is 0.125 e. The summed E-state index contributed by atoms with van der Waals surface area (Å²) >= 11 is 0. The van der Waals surface area contributed by atoms with Crippen LogP contribution in [0.2, 0.25) is 0 Å². The molecule has 0 amide bonds. The summed E-state index contributed by atoms with van der Waals surface area (Å²) in [4.78, 5) is 0. The Hall–Kier alpha value is -1.22. The van der Waals surface area contributed by atoms with Crippen LogP contribution < -0.4 is 15.2 Å². The third-order valence-corrected chi connectivity index (χ3v) is 2.56. The van der Waals surface area contributed by atoms with E-state index in [0.29, 0.717) is 13.2 Å². The maximum atomic E-state index is 5.57. The third kappa shape index (κ3) is 2.42. The Labute approximate surface area is 91.2 Å². The molecule has 0 aromatic heterocycles. The number of hydrogen-bond donors (Lipinski definition) is 1. The Morgan fingerprint density at radius 2 is 1.87 bits per heavy atom. The van der Waals surface area contributed by atoms with E-state index >= 15 is 0 Å². The molecular formula is C12H19NO2. The quantitative estimate of drug-likeness (QED) is 0.824. The van der Waals surface area contributed by atoms with Crippen molar-refractivity contribution in [2.45, 2.75) is 20.8 Å². The van der Waals surface area contributed by atoms with Crippen molar-refractivity contribution < 1.29 is 9.47 Å². The van der Waals surface area contributed by atoms with E-state index in [0.717, 1.165) is 28.2 Å². The highest BCUT2D eigenvalue weighted by atomic mass is 16.5. The average Bonchev–Trinajstić information content (AvgIpc) is 2.22. The molecule has 0 fully saturated rings. The molecule has 1 rings (SSSR count). The van der Waals surface area contributed by atoms with Crippen LogP contribution in [0.15, 0.2) is 6.07 Å². The van der Waals surface area contributed by atoms with Gasteiger partial charge < -0.3 is 15.2 Å². The SMILES string of the molecule is COc1c(C)cc(OCCN)c(C)c1C. The lowest BCUT2D eigenvalue weighted by Crippen LogP contribution is -2.11. The average molecular weight is 209 g/mol. The van der Waals surface area contributed by atoms with Gasteiger partial charge in [-0.1, -0.05) is 0 Å². The Bertz CT molecular complexity index is 348. The van der Waals surface area contributed by atoms with Gasteiger partial charge in [0.1, 0.15) is 18.1 Å². The van der Waals surface area contributed by atoms with Gasteiger partial charge >= 0.3 is 0 Å². The molecule has 84 valence electrons. The highest BCUT2D eigenvalue weighted by Crippen LogP contribution is 2.32. The van der Waals surface area contributed by atoms with E-state index in [2.05, 4.69) is 0 Å². The van der Waals surface area contributed by atoms with Crippen molar-refractivity contribution in [3.8, 4) is 11.5 Å². The Balaban J connectivity index is 3.10. The predicted octanol–water partition coefficient (Wildman–Crippen LogP) is 1.96. The molecule has 1 aromatic rings. The van der Waals surface area contributed by atoms with Gasteiger partial charge in [-0.2, -0.15) is 0 Å². The van der Waals surface area contributed by atoms with E-state index in [-0.39, 0.29) is 0 Å². The van der Waals surface area contributed by atoms with Gasteiger partial charge in [0.15, 0.2) is 0 Å². The minimum Gasteiger partial charge on any atom is -0.496 e. The summed E-state index contributed by atoms with van der Waals surface area (Å²) in [6.45, 7) is 7.16. The fourth-order valence-electron chi connectivity index (χ4n) is 1.65. The van der Waals surface area contributed by atoms with Gasteiger partial charge in [-0.25, -0.2) is 0 Å². The van der Waals surface area contributed by atoms with Crippen molar-refractivity contribution >= 4 is 0 Å². The van der Waals surface area contributed by atoms with Gasteiger partial charge in [0.05, 0.1) is 7.11 Å². The molecule has 2 N–H and O–H groups in total. The van der Waals surface area contributed by atoms with Crippen LogP contribution >= 0.6 is 0 Å². The highest BCUT2D eigenvalue weighted by molar-refractivity contribution is 5.52. The van der Waals surface area contributed by atoms with E-state index in [9.17, 15) is 0 Å². The fraction of sp³-hybridized carbons (Fsp3) is 0.500. The molecule has 1 aromatic carbocycles. The van der Waals surface area contributed by atoms with Crippen LogP contribution in [-0.2, 0) is 0 Å². The number of rotatable bonds is 4. The normalized spacial score (nSPS) is 10.2. The standard InChI is InChI=1S/C12H19NO2/c1-8-7-11(15-6-5-13)9(2)10(3)12(8)14-4/h7H,5-6,13H2,1-4H3. The van der Waals surface area contributed by atoms with Gasteiger partial charge in [-0.3, -0.25) is 0 Å². The molecule has 0 aliphatic carbocycles. The number of aryl methyl sites for hydroxylation is 1. The van der Waals surface area contributed by atoms with Gasteiger partial charge in [-0.15, -0.1) is 0 Å². The molecule has 0 atom stereocenters. The second-order valence-electron chi connectivity index (χ2n) is 3.61. The van der Waals surface area contributed by atoms with Crippen LogP contribution in [0.25, 0.3) is 0 Å². The fourth-order valence-corrected chi connectivity index (χ4v) is 1.65. The molecule has 0 aliphatic rings. The van der Waals surface area contributed by atoms with E-state index in [4.69, 9.17) is 15.2 Å². The first-order valence-electron chi connectivity index (χ1n) is 5.09. The predicted molar refractivity (Wildman–Crippen MR) is 61.8 cm³/mol. The molecule has 0 radical (unpaired) electrons. The van der Waals surface area contributed by atoms with Crippen LogP contribution in [0, 0.1) is 20.8 Å². The summed E-state index contributed by atoms with van der Waals surface area (Å²) in [6, 6.07) is 2.00. The molecule has 0 saturated carbocycles. The van der Waals surface area contributed by atoms with Crippen molar-refractivity contribution in [2.24, 2.45) is 5.73 Å². The lowest BCUT2D eigenvalue weighted by Gasteiger charge is -2.15. The number of benzene rings is 1. The lowest BCUT2D eigenvalue weighted by molar-refractivity contribution is 0.324. The second kappa shape index (κ2) is 5.03. The molecule has 0 saturated heterocycles. The van der Waals surface area contributed by atoms with Gasteiger partial charge in [0, 0.05) is 6.54 Å². The van der Waals surface area contributed by atoms with Crippen LogP contribution in [0.3, 0.4) is 0 Å². The van der Waals surface area contributed by atoms with Gasteiger partial charge in [-0.05, 0) is 43.5 Å². The van der Waals surface area contributed by atoms with Gasteiger partial charge in [0.2, 0.25) is 0 Å². The van der Waals surface area contributed by atoms with Crippen LogP contribution in [-0.4, -0.2) is 20.3 Å². The smallest absolute Gasteiger partial charge is 0.125 e. The molecule has 0 unspecified atom stereocenters. The lowest BCUT2D eigenvalue weighted by atomic mass is 10.0. The monoisotopic (exact) mass is 209 g/mol. The number of methoxy groups -OCH3 is 1. The molecule has 3 heteroatoms. The van der Waals surface area contributed by atoms with Crippen LogP contribution in [0.1, 0.15) is 16.7 Å². The largest absolute Gasteiger partial charge is 0.496 e. The minimum absolute atomic E-state index is 0.531. The summed E-state index contributed by atoms with van der Waals surface area (Å²) in [6.07, 6.45) is 0. The molecule has 15 heavy (non-hydrogen) atoms. The minimum atomic E-state index is 0.531. The number of ether oxygens (including phenoxy) is 2. The summed E-state index contributed by atoms with van der Waals surface area (Å²) in [7, 11) is 1.69. The molecule has 0 heterocycles. The van der Waals surface area contributed by atoms with Crippen molar-refractivity contribution in [1.29, 1.82) is 0 Å². The zero-order valence-corrected chi connectivity index (χ0v) is 9.89. The van der Waals surface area contributed by atoms with E-state index in [1.807, 2.05) is 26.8 Å². The molecular weight excluding hydrogens is 190 g/mol. The van der Waals surface area contributed by atoms with Crippen LogP contribution in [0.5, 0.6) is 11.5 Å². The first kappa shape index (κ1) is 11.9. The summed E-state index contributed by atoms with van der Waals surface area (Å²) in [5, 5.41) is 0. The first-order chi connectivity index (χ1) is 7.11. The molecule has 0 spiro atoms. The van der Waals surface area contributed by atoms with Crippen molar-refractivity contribution in [2.75, 3.05) is 20.3 Å². The topological polar surface area (TPSA) is 44.5 Å². The van der Waals surface area contributed by atoms with E-state index in [1.54, 1.807) is 7.11 Å². The second-order valence-corrected chi connectivity index (χ2v) is 3.61. The first-order valence-corrected chi connectivity index (χ1v) is 5.09. The summed E-state index contributed by atoms with van der Waals surface area (Å²) in [5.74, 6) is 1.84. The highest BCUT2D eigenvalue weighted by Gasteiger charge is 2.10. The molecule has 0 aliphatic heterocycles. The molecule has 3 nitrogen and oxygen atoms in total. The van der Waals surface area contributed by atoms with Crippen LogP contribution in [0.4, 0.5) is 0 Å². The maximum absolute atomic E-state index is 5.57. The van der Waals surface area contributed by atoms with Crippen molar-refractivity contribution in [1.82, 2.24) is 0 Å². The van der Waals surface area contributed by atoms with E-state index < -0.39 is 0 Å². The molecule has 0 bridgehead atoms. The summed E-state index contributed by atoms with van der Waals surface area (Å²) in [5.41, 5.74) is 8.75. The zero-order valence-electron chi connectivity index (χ0n) is 9.89. The Morgan fingerprint density at radius 1 is 1.20 bits per heavy atom. The van der Waals surface area contributed by atoms with E-state index in [1.165, 1.54) is 0 Å². The number of nitrogens with two attached hydrogens (primary N) is 1. The Kier molecular flexibility index (Phi) is 3.97. The van der Waals surface area contributed by atoms with Gasteiger partial charge in [0.25, 0.3) is 0 Å². The van der Waals surface area contributed by atoms with Crippen molar-refractivity contribution in [3.05, 3.63) is 22.8 Å². The zero-order chi connectivity index (χ0) is 11.4.